The molecule has 1 aliphatic rings. The van der Waals surface area contributed by atoms with E-state index in [1.807, 2.05) is 30.3 Å². The van der Waals surface area contributed by atoms with Crippen LogP contribution in [0, 0.1) is 0 Å². The van der Waals surface area contributed by atoms with Gasteiger partial charge in [0.2, 0.25) is 0 Å². The number of benzene rings is 1. The monoisotopic (exact) mass is 267 g/mol. The van der Waals surface area contributed by atoms with E-state index in [2.05, 4.69) is 11.1 Å². The highest BCUT2D eigenvalue weighted by Crippen LogP contribution is 2.32. The third kappa shape index (κ3) is 2.75. The minimum absolute atomic E-state index is 0.485. The fourth-order valence-corrected chi connectivity index (χ4v) is 3.02. The van der Waals surface area contributed by atoms with Crippen LogP contribution in [0.4, 0.5) is 0 Å². The van der Waals surface area contributed by atoms with Gasteiger partial charge in [-0.2, -0.15) is 0 Å². The molecule has 2 nitrogen and oxygen atoms in total. The second-order valence-electron chi connectivity index (χ2n) is 5.55. The molecule has 104 valence electrons. The summed E-state index contributed by atoms with van der Waals surface area (Å²) >= 11 is 0. The maximum absolute atomic E-state index is 10.8. The molecule has 3 rings (SSSR count). The van der Waals surface area contributed by atoms with Crippen LogP contribution in [0.2, 0.25) is 0 Å². The van der Waals surface area contributed by atoms with Crippen LogP contribution in [0.5, 0.6) is 0 Å². The van der Waals surface area contributed by atoms with Crippen molar-refractivity contribution in [2.24, 2.45) is 0 Å². The first-order valence-corrected chi connectivity index (χ1v) is 7.57. The molecule has 0 saturated heterocycles. The Morgan fingerprint density at radius 1 is 1.00 bits per heavy atom. The second kappa shape index (κ2) is 6.19. The molecule has 0 spiro atoms. The third-order valence-corrected chi connectivity index (χ3v) is 4.15. The number of pyridine rings is 1. The molecule has 0 radical (unpaired) electrons. The third-order valence-electron chi connectivity index (χ3n) is 4.15. The predicted octanol–water partition coefficient (Wildman–Crippen LogP) is 4.55. The Labute approximate surface area is 120 Å². The van der Waals surface area contributed by atoms with E-state index in [1.54, 1.807) is 6.20 Å². The zero-order valence-corrected chi connectivity index (χ0v) is 11.8. The van der Waals surface area contributed by atoms with Gasteiger partial charge in [0, 0.05) is 11.6 Å². The van der Waals surface area contributed by atoms with Crippen molar-refractivity contribution in [2.75, 3.05) is 0 Å². The van der Waals surface area contributed by atoms with Crippen LogP contribution in [0.25, 0.3) is 10.9 Å². The van der Waals surface area contributed by atoms with Gasteiger partial charge in [-0.15, -0.1) is 0 Å². The molecule has 2 heteroatoms. The summed E-state index contributed by atoms with van der Waals surface area (Å²) in [5.41, 5.74) is 3.12. The van der Waals surface area contributed by atoms with Gasteiger partial charge in [0.25, 0.3) is 0 Å². The predicted molar refractivity (Wildman–Crippen MR) is 82.5 cm³/mol. The molecule has 1 aliphatic carbocycles. The van der Waals surface area contributed by atoms with E-state index in [9.17, 15) is 5.11 Å². The molecule has 1 unspecified atom stereocenters. The van der Waals surface area contributed by atoms with Crippen LogP contribution in [0.3, 0.4) is 0 Å². The summed E-state index contributed by atoms with van der Waals surface area (Å²) in [4.78, 5) is 4.37. The van der Waals surface area contributed by atoms with E-state index in [1.165, 1.54) is 31.3 Å². The number of aromatic nitrogens is 1. The molecule has 1 aromatic carbocycles. The average Bonchev–Trinajstić information content (AvgIpc) is 2.46. The van der Waals surface area contributed by atoms with Crippen molar-refractivity contribution in [3.63, 3.8) is 0 Å². The van der Waals surface area contributed by atoms with Crippen LogP contribution in [0.15, 0.2) is 48.2 Å². The number of aliphatic hydroxyl groups is 1. The van der Waals surface area contributed by atoms with E-state index in [4.69, 9.17) is 0 Å². The van der Waals surface area contributed by atoms with Gasteiger partial charge >= 0.3 is 0 Å². The van der Waals surface area contributed by atoms with E-state index >= 15 is 0 Å². The van der Waals surface area contributed by atoms with Gasteiger partial charge < -0.3 is 5.11 Å². The number of rotatable bonds is 2. The first-order chi connectivity index (χ1) is 9.86. The van der Waals surface area contributed by atoms with E-state index in [-0.39, 0.29) is 0 Å². The molecule has 0 aliphatic heterocycles. The van der Waals surface area contributed by atoms with Crippen molar-refractivity contribution >= 4 is 10.9 Å². The molecular weight excluding hydrogens is 246 g/mol. The molecule has 1 heterocycles. The Morgan fingerprint density at radius 2 is 1.85 bits per heavy atom. The fraction of sp³-hybridized carbons (Fsp3) is 0.389. The van der Waals surface area contributed by atoms with Crippen LogP contribution in [-0.2, 0) is 0 Å². The number of hydrogen-bond donors (Lipinski definition) is 1. The van der Waals surface area contributed by atoms with Crippen molar-refractivity contribution in [3.8, 4) is 0 Å². The van der Waals surface area contributed by atoms with Gasteiger partial charge in [0.15, 0.2) is 0 Å². The molecule has 1 atom stereocenters. The standard InChI is InChI=1S/C18H21NO/c20-18(14-8-4-2-1-3-5-9-14)16-12-13-19-17-11-7-6-10-15(16)17/h6-8,10-13,18,20H,1-5,9H2/b14-8+. The van der Waals surface area contributed by atoms with Gasteiger partial charge in [-0.05, 0) is 49.0 Å². The van der Waals surface area contributed by atoms with Crippen molar-refractivity contribution in [1.29, 1.82) is 0 Å². The molecule has 0 fully saturated rings. The minimum atomic E-state index is -0.485. The highest BCUT2D eigenvalue weighted by Gasteiger charge is 2.16. The van der Waals surface area contributed by atoms with Gasteiger partial charge in [-0.3, -0.25) is 4.98 Å². The highest BCUT2D eigenvalue weighted by atomic mass is 16.3. The number of fused-ring (bicyclic) bond motifs is 1. The lowest BCUT2D eigenvalue weighted by molar-refractivity contribution is 0.210. The lowest BCUT2D eigenvalue weighted by atomic mass is 9.91. The first-order valence-electron chi connectivity index (χ1n) is 7.57. The summed E-state index contributed by atoms with van der Waals surface area (Å²) in [5.74, 6) is 0. The highest BCUT2D eigenvalue weighted by molar-refractivity contribution is 5.82. The average molecular weight is 267 g/mol. The zero-order valence-electron chi connectivity index (χ0n) is 11.8. The fourth-order valence-electron chi connectivity index (χ4n) is 3.02. The molecule has 0 amide bonds. The van der Waals surface area contributed by atoms with Crippen LogP contribution in [0.1, 0.15) is 50.2 Å². The summed E-state index contributed by atoms with van der Waals surface area (Å²) in [6.07, 6.45) is 10.7. The van der Waals surface area contributed by atoms with Gasteiger partial charge in [-0.25, -0.2) is 0 Å². The lowest BCUT2D eigenvalue weighted by Crippen LogP contribution is -2.04. The molecular formula is C18H21NO. The Bertz CT molecular complexity index is 612. The number of nitrogens with zero attached hydrogens (tertiary/aromatic N) is 1. The van der Waals surface area contributed by atoms with E-state index < -0.39 is 6.10 Å². The van der Waals surface area contributed by atoms with Crippen LogP contribution in [-0.4, -0.2) is 10.1 Å². The molecule has 0 bridgehead atoms. The van der Waals surface area contributed by atoms with Gasteiger partial charge in [0.05, 0.1) is 5.52 Å². The second-order valence-corrected chi connectivity index (χ2v) is 5.55. The number of aliphatic hydroxyl groups excluding tert-OH is 1. The van der Waals surface area contributed by atoms with Crippen molar-refractivity contribution < 1.29 is 5.11 Å². The van der Waals surface area contributed by atoms with Crippen molar-refractivity contribution in [2.45, 2.75) is 44.6 Å². The molecule has 1 aromatic heterocycles. The van der Waals surface area contributed by atoms with Crippen molar-refractivity contribution in [1.82, 2.24) is 4.98 Å². The lowest BCUT2D eigenvalue weighted by Gasteiger charge is -2.19. The van der Waals surface area contributed by atoms with E-state index in [0.29, 0.717) is 0 Å². The smallest absolute Gasteiger partial charge is 0.101 e. The number of hydrogen-bond acceptors (Lipinski definition) is 2. The van der Waals surface area contributed by atoms with Crippen LogP contribution >= 0.6 is 0 Å². The number of para-hydroxylation sites is 1. The normalized spacial score (nSPS) is 20.8. The SMILES string of the molecule is OC(/C1=C/CCCCCC1)c1ccnc2ccccc12. The summed E-state index contributed by atoms with van der Waals surface area (Å²) in [6.45, 7) is 0. The maximum Gasteiger partial charge on any atom is 0.101 e. The zero-order chi connectivity index (χ0) is 13.8. The van der Waals surface area contributed by atoms with Gasteiger partial charge in [-0.1, -0.05) is 37.1 Å². The quantitative estimate of drug-likeness (QED) is 0.810. The van der Waals surface area contributed by atoms with Crippen LogP contribution < -0.4 is 0 Å². The first kappa shape index (κ1) is 13.3. The minimum Gasteiger partial charge on any atom is -0.384 e. The topological polar surface area (TPSA) is 33.1 Å². The number of allylic oxidation sites excluding steroid dienone is 1. The molecule has 20 heavy (non-hydrogen) atoms. The summed E-state index contributed by atoms with van der Waals surface area (Å²) in [7, 11) is 0. The van der Waals surface area contributed by atoms with Gasteiger partial charge in [0.1, 0.15) is 6.10 Å². The molecule has 1 N–H and O–H groups in total. The maximum atomic E-state index is 10.8. The Kier molecular flexibility index (Phi) is 4.12. The Balaban J connectivity index is 1.97. The summed E-state index contributed by atoms with van der Waals surface area (Å²) < 4.78 is 0. The Hall–Kier alpha value is -1.67. The Morgan fingerprint density at radius 3 is 2.80 bits per heavy atom. The van der Waals surface area contributed by atoms with Crippen molar-refractivity contribution in [3.05, 3.63) is 53.7 Å². The largest absolute Gasteiger partial charge is 0.384 e. The summed E-state index contributed by atoms with van der Waals surface area (Å²) in [6, 6.07) is 9.99. The summed E-state index contributed by atoms with van der Waals surface area (Å²) in [5, 5.41) is 11.8. The van der Waals surface area contributed by atoms with E-state index in [0.717, 1.165) is 29.3 Å². The molecule has 0 saturated carbocycles. The molecule has 2 aromatic rings.